The van der Waals surface area contributed by atoms with Gasteiger partial charge in [-0.15, -0.1) is 0 Å². The normalized spacial score (nSPS) is 10.6. The maximum Gasteiger partial charge on any atom is 0.246 e. The predicted molar refractivity (Wildman–Crippen MR) is 65.7 cm³/mol. The number of nitrogens with zero attached hydrogens (tertiary/aromatic N) is 2. The van der Waals surface area contributed by atoms with E-state index < -0.39 is 0 Å². The van der Waals surface area contributed by atoms with Gasteiger partial charge in [0.05, 0.1) is 18.5 Å². The molecule has 3 rings (SSSR count). The molecule has 0 unspecified atom stereocenters. The van der Waals surface area contributed by atoms with E-state index in [9.17, 15) is 4.39 Å². The Morgan fingerprint density at radius 3 is 2.84 bits per heavy atom. The Morgan fingerprint density at radius 1 is 1.16 bits per heavy atom. The summed E-state index contributed by atoms with van der Waals surface area (Å²) in [5.41, 5.74) is 0.389. The lowest BCUT2D eigenvalue weighted by atomic mass is 10.3. The average Bonchev–Trinajstić information content (AvgIpc) is 3.09. The second-order valence-electron chi connectivity index (χ2n) is 3.82. The van der Waals surface area contributed by atoms with Gasteiger partial charge in [0.25, 0.3) is 0 Å². The van der Waals surface area contributed by atoms with Crippen LogP contribution in [0.3, 0.4) is 0 Å². The van der Waals surface area contributed by atoms with Crippen LogP contribution in [0.1, 0.15) is 5.89 Å². The number of halogens is 1. The number of furan rings is 1. The molecule has 1 aromatic carbocycles. The van der Waals surface area contributed by atoms with Gasteiger partial charge in [0.1, 0.15) is 5.82 Å². The summed E-state index contributed by atoms with van der Waals surface area (Å²) in [6.07, 6.45) is 1.53. The Morgan fingerprint density at radius 2 is 2.05 bits per heavy atom. The SMILES string of the molecule is Fc1ccccc1NCc1nc(-c2ccco2)no1. The largest absolute Gasteiger partial charge is 0.461 e. The maximum atomic E-state index is 13.4. The highest BCUT2D eigenvalue weighted by Crippen LogP contribution is 2.17. The smallest absolute Gasteiger partial charge is 0.246 e. The molecule has 0 fully saturated rings. The minimum absolute atomic E-state index is 0.245. The van der Waals surface area contributed by atoms with Gasteiger partial charge < -0.3 is 14.3 Å². The summed E-state index contributed by atoms with van der Waals surface area (Å²) in [5, 5.41) is 6.67. The molecule has 0 aliphatic heterocycles. The van der Waals surface area contributed by atoms with Crippen LogP contribution in [0.4, 0.5) is 10.1 Å². The van der Waals surface area contributed by atoms with E-state index >= 15 is 0 Å². The highest BCUT2D eigenvalue weighted by Gasteiger charge is 2.10. The first-order valence-corrected chi connectivity index (χ1v) is 5.68. The van der Waals surface area contributed by atoms with Crippen molar-refractivity contribution in [3.8, 4) is 11.6 Å². The molecule has 0 saturated heterocycles. The monoisotopic (exact) mass is 259 g/mol. The van der Waals surface area contributed by atoms with E-state index in [1.54, 1.807) is 30.3 Å². The lowest BCUT2D eigenvalue weighted by Gasteiger charge is -2.03. The number of hydrogen-bond donors (Lipinski definition) is 1. The molecule has 0 bridgehead atoms. The Balaban J connectivity index is 1.70. The van der Waals surface area contributed by atoms with Crippen LogP contribution in [0.25, 0.3) is 11.6 Å². The second-order valence-corrected chi connectivity index (χ2v) is 3.82. The minimum atomic E-state index is -0.326. The van der Waals surface area contributed by atoms with Crippen molar-refractivity contribution >= 4 is 5.69 Å². The van der Waals surface area contributed by atoms with Gasteiger partial charge >= 0.3 is 0 Å². The van der Waals surface area contributed by atoms with E-state index in [1.165, 1.54) is 12.3 Å². The highest BCUT2D eigenvalue weighted by molar-refractivity contribution is 5.46. The first-order chi connectivity index (χ1) is 9.33. The van der Waals surface area contributed by atoms with Gasteiger partial charge in [0, 0.05) is 0 Å². The quantitative estimate of drug-likeness (QED) is 0.780. The van der Waals surface area contributed by atoms with Gasteiger partial charge in [-0.05, 0) is 24.3 Å². The van der Waals surface area contributed by atoms with Gasteiger partial charge in [-0.25, -0.2) is 4.39 Å². The molecular weight excluding hydrogens is 249 g/mol. The first-order valence-electron chi connectivity index (χ1n) is 5.68. The molecule has 0 atom stereocenters. The number of aromatic nitrogens is 2. The van der Waals surface area contributed by atoms with E-state index in [-0.39, 0.29) is 12.4 Å². The molecule has 19 heavy (non-hydrogen) atoms. The van der Waals surface area contributed by atoms with Gasteiger partial charge in [-0.3, -0.25) is 0 Å². The molecule has 0 saturated carbocycles. The zero-order chi connectivity index (χ0) is 13.1. The van der Waals surface area contributed by atoms with E-state index in [2.05, 4.69) is 15.5 Å². The first kappa shape index (κ1) is 11.5. The molecule has 0 radical (unpaired) electrons. The van der Waals surface area contributed by atoms with Gasteiger partial charge in [0.15, 0.2) is 5.76 Å². The molecular formula is C13H10FN3O2. The Labute approximate surface area is 108 Å². The summed E-state index contributed by atoms with van der Waals surface area (Å²) in [6, 6.07) is 9.86. The van der Waals surface area contributed by atoms with Crippen LogP contribution in [0, 0.1) is 5.82 Å². The number of hydrogen-bond acceptors (Lipinski definition) is 5. The van der Waals surface area contributed by atoms with Crippen molar-refractivity contribution < 1.29 is 13.3 Å². The van der Waals surface area contributed by atoms with Crippen molar-refractivity contribution in [1.82, 2.24) is 10.1 Å². The topological polar surface area (TPSA) is 64.1 Å². The minimum Gasteiger partial charge on any atom is -0.461 e. The molecule has 0 aliphatic rings. The molecule has 5 nitrogen and oxygen atoms in total. The van der Waals surface area contributed by atoms with Crippen molar-refractivity contribution in [2.45, 2.75) is 6.54 Å². The summed E-state index contributed by atoms with van der Waals surface area (Å²) in [4.78, 5) is 4.14. The van der Waals surface area contributed by atoms with Crippen LogP contribution in [0.15, 0.2) is 51.6 Å². The van der Waals surface area contributed by atoms with Crippen molar-refractivity contribution in [1.29, 1.82) is 0 Å². The summed E-state index contributed by atoms with van der Waals surface area (Å²) in [5.74, 6) is 0.930. The summed E-state index contributed by atoms with van der Waals surface area (Å²) in [6.45, 7) is 0.245. The van der Waals surface area contributed by atoms with Crippen molar-refractivity contribution in [2.75, 3.05) is 5.32 Å². The van der Waals surface area contributed by atoms with Crippen LogP contribution in [-0.4, -0.2) is 10.1 Å². The number of para-hydroxylation sites is 1. The molecule has 0 amide bonds. The molecule has 1 N–H and O–H groups in total. The summed E-state index contributed by atoms with van der Waals surface area (Å²) in [7, 11) is 0. The van der Waals surface area contributed by atoms with Crippen molar-refractivity contribution in [3.63, 3.8) is 0 Å². The zero-order valence-electron chi connectivity index (χ0n) is 9.84. The number of anilines is 1. The van der Waals surface area contributed by atoms with Crippen LogP contribution >= 0.6 is 0 Å². The maximum absolute atomic E-state index is 13.4. The molecule has 96 valence electrons. The van der Waals surface area contributed by atoms with Crippen LogP contribution in [0.2, 0.25) is 0 Å². The van der Waals surface area contributed by atoms with Crippen LogP contribution < -0.4 is 5.32 Å². The zero-order valence-corrected chi connectivity index (χ0v) is 9.84. The lowest BCUT2D eigenvalue weighted by molar-refractivity contribution is 0.382. The van der Waals surface area contributed by atoms with E-state index in [1.807, 2.05) is 0 Å². The van der Waals surface area contributed by atoms with Crippen molar-refractivity contribution in [2.24, 2.45) is 0 Å². The van der Waals surface area contributed by atoms with Gasteiger partial charge in [0.2, 0.25) is 11.7 Å². The summed E-state index contributed by atoms with van der Waals surface area (Å²) >= 11 is 0. The summed E-state index contributed by atoms with van der Waals surface area (Å²) < 4.78 is 23.6. The Kier molecular flexibility index (Phi) is 2.97. The molecule has 2 heterocycles. The fourth-order valence-electron chi connectivity index (χ4n) is 1.61. The predicted octanol–water partition coefficient (Wildman–Crippen LogP) is 3.08. The number of benzene rings is 1. The third kappa shape index (κ3) is 2.47. The van der Waals surface area contributed by atoms with E-state index in [4.69, 9.17) is 8.94 Å². The number of rotatable bonds is 4. The standard InChI is InChI=1S/C13H10FN3O2/c14-9-4-1-2-5-10(9)15-8-12-16-13(17-19-12)11-6-3-7-18-11/h1-7,15H,8H2. The van der Waals surface area contributed by atoms with E-state index in [0.717, 1.165) is 0 Å². The van der Waals surface area contributed by atoms with Crippen LogP contribution in [-0.2, 0) is 6.54 Å². The third-order valence-corrected chi connectivity index (χ3v) is 2.51. The average molecular weight is 259 g/mol. The molecule has 0 spiro atoms. The fraction of sp³-hybridized carbons (Fsp3) is 0.0769. The third-order valence-electron chi connectivity index (χ3n) is 2.51. The number of nitrogens with one attached hydrogen (secondary N) is 1. The highest BCUT2D eigenvalue weighted by atomic mass is 19.1. The molecule has 6 heteroatoms. The second kappa shape index (κ2) is 4.93. The van der Waals surface area contributed by atoms with Crippen molar-refractivity contribution in [3.05, 3.63) is 54.4 Å². The van der Waals surface area contributed by atoms with Gasteiger partial charge in [-0.1, -0.05) is 17.3 Å². The molecule has 2 aromatic heterocycles. The fourth-order valence-corrected chi connectivity index (χ4v) is 1.61. The Hall–Kier alpha value is -2.63. The van der Waals surface area contributed by atoms with E-state index in [0.29, 0.717) is 23.2 Å². The molecule has 0 aliphatic carbocycles. The Bertz CT molecular complexity index is 664. The lowest BCUT2D eigenvalue weighted by Crippen LogP contribution is -2.01. The van der Waals surface area contributed by atoms with Gasteiger partial charge in [-0.2, -0.15) is 4.98 Å². The molecule has 3 aromatic rings. The van der Waals surface area contributed by atoms with Crippen LogP contribution in [0.5, 0.6) is 0 Å².